The van der Waals surface area contributed by atoms with Crippen LogP contribution < -0.4 is 28.2 Å². The maximum absolute atomic E-state index is 2.58. The summed E-state index contributed by atoms with van der Waals surface area (Å²) >= 11 is 5.88. The highest BCUT2D eigenvalue weighted by Crippen LogP contribution is 2.60. The zero-order valence-corrected chi connectivity index (χ0v) is 92.9. The Morgan fingerprint density at radius 3 is 0.537 bits per heavy atom. The second-order valence-electron chi connectivity index (χ2n) is 46.6. The second-order valence-corrected chi connectivity index (χ2v) is 63.9. The number of thiophene rings is 3. The molecule has 25 rings (SSSR count). The first-order valence-corrected chi connectivity index (χ1v) is 64.0. The molecule has 19 aromatic rings. The van der Waals surface area contributed by atoms with E-state index in [-0.39, 0.29) is 32.5 Å². The standard InChI is InChI=1S/C138H123N3S3Si3/c1-133(2)115-37-25-19-31-103(115)109-61-55-97(82-121(109)133)139(98-56-62-110-104-32-20-26-38-116(104)134(3,4)122(110)83-98)94-49-43-91(44-50-94)127-67-70-130(142-127)145(13,14)76-73-88-79-89(74-77-146(15,16)131-71-68-128(143-131)92-45-51-95(52-46-92)140(99-57-63-111-105-33-21-27-39-117(105)135(5,6)123(111)84-99)100-58-64-112-106-34-22-28-40-118(106)136(7,8)124(112)85-100)81-90(80-88)75-78-147(17,18)132-72-69-129(144-132)93-47-53-96(54-48-93)141(101-59-65-113-107-35-23-29-41-119(107)137(9,10)125(113)86-101)102-60-66-114-108-36-24-30-42-120(108)138(11,12)126(114)87-102/h19-87H,1-18H3/b76-73+,77-74+,78-75+. The van der Waals surface area contributed by atoms with Gasteiger partial charge in [0.1, 0.15) is 24.2 Å². The molecule has 6 aliphatic rings. The third kappa shape index (κ3) is 15.5. The number of rotatable bonds is 21. The summed E-state index contributed by atoms with van der Waals surface area (Å²) in [5.74, 6) is 0. The highest BCUT2D eigenvalue weighted by atomic mass is 32.1. The normalized spacial score (nSPS) is 15.4. The molecule has 720 valence electrons. The average Bonchev–Trinajstić information content (AvgIpc) is 1.58. The van der Waals surface area contributed by atoms with E-state index >= 15 is 0 Å². The van der Waals surface area contributed by atoms with Gasteiger partial charge in [0.15, 0.2) is 0 Å². The van der Waals surface area contributed by atoms with Crippen molar-refractivity contribution in [3.8, 4) is 98.1 Å². The molecule has 3 aromatic heterocycles. The van der Waals surface area contributed by atoms with Crippen molar-refractivity contribution in [3.63, 3.8) is 0 Å². The molecule has 0 radical (unpaired) electrons. The van der Waals surface area contributed by atoms with Crippen LogP contribution in [0.3, 0.4) is 0 Å². The van der Waals surface area contributed by atoms with Crippen molar-refractivity contribution in [3.05, 3.63) is 483 Å². The molecule has 0 spiro atoms. The lowest BCUT2D eigenvalue weighted by atomic mass is 9.82. The van der Waals surface area contributed by atoms with Gasteiger partial charge in [0.05, 0.1) is 0 Å². The van der Waals surface area contributed by atoms with E-state index in [0.717, 1.165) is 51.2 Å². The highest BCUT2D eigenvalue weighted by molar-refractivity contribution is 7.31. The van der Waals surface area contributed by atoms with Crippen LogP contribution in [0.4, 0.5) is 51.2 Å². The predicted octanol–water partition coefficient (Wildman–Crippen LogP) is 37.6. The zero-order valence-electron chi connectivity index (χ0n) is 87.4. The molecule has 0 N–H and O–H groups in total. The Hall–Kier alpha value is -14.1. The van der Waals surface area contributed by atoms with Crippen molar-refractivity contribution in [1.82, 2.24) is 0 Å². The fraction of sp³-hybridized carbons (Fsp3) is 0.174. The Bertz CT molecular complexity index is 7580. The van der Waals surface area contributed by atoms with Crippen molar-refractivity contribution in [2.75, 3.05) is 14.7 Å². The van der Waals surface area contributed by atoms with Crippen LogP contribution in [0, 0.1) is 0 Å². The van der Waals surface area contributed by atoms with Crippen LogP contribution in [0.2, 0.25) is 39.3 Å². The van der Waals surface area contributed by atoms with Gasteiger partial charge in [0.25, 0.3) is 0 Å². The lowest BCUT2D eigenvalue weighted by Gasteiger charge is -2.30. The minimum absolute atomic E-state index is 0.145. The Morgan fingerprint density at radius 1 is 0.177 bits per heavy atom. The first kappa shape index (κ1) is 93.9. The van der Waals surface area contributed by atoms with E-state index in [4.69, 9.17) is 0 Å². The summed E-state index contributed by atoms with van der Waals surface area (Å²) in [5.41, 5.74) is 57.0. The number of hydrogen-bond acceptors (Lipinski definition) is 6. The number of anilines is 9. The third-order valence-corrected chi connectivity index (χ3v) is 49.8. The summed E-state index contributed by atoms with van der Waals surface area (Å²) in [6.07, 6.45) is 7.35. The van der Waals surface area contributed by atoms with Gasteiger partial charge >= 0.3 is 0 Å². The summed E-state index contributed by atoms with van der Waals surface area (Å²) in [6.45, 7) is 43.8. The number of fused-ring (bicyclic) bond motifs is 18. The van der Waals surface area contributed by atoms with Crippen LogP contribution in [0.1, 0.15) is 167 Å². The largest absolute Gasteiger partial charge is 0.310 e. The van der Waals surface area contributed by atoms with Crippen LogP contribution in [0.5, 0.6) is 0 Å². The number of hydrogen-bond donors (Lipinski definition) is 0. The first-order valence-electron chi connectivity index (χ1n) is 52.3. The summed E-state index contributed by atoms with van der Waals surface area (Å²) in [6, 6.07) is 147. The Morgan fingerprint density at radius 2 is 0.347 bits per heavy atom. The SMILES string of the molecule is CC1(C)c2ccccc2-c2ccc(N(c3ccc(-c4ccc([Si](C)(C)/C=C/c5cc(/C=C/[Si](C)(C)c6ccc(-c7ccc(N(c8ccc9c(c8)C(C)(C)c8ccccc8-9)c8ccc9c(c8)C(C)(C)c8ccccc8-9)cc7)s6)cc(/C=C/[Si](C)(C)c6ccc(-c7ccc(N(c8ccc9c(c8)C(C)(C)c8ccccc8-9)c8ccc9c(c8)C(C)(C)c8ccccc8-9)cc7)s6)c5)s4)cc3)c3ccc4c(c3)C(C)(C)c3ccccc3-4)cc21. The quantitative estimate of drug-likeness (QED) is 0.0664. The van der Waals surface area contributed by atoms with Crippen molar-refractivity contribution >= 4 is 141 Å². The van der Waals surface area contributed by atoms with Crippen molar-refractivity contribution in [2.45, 2.75) is 155 Å². The highest BCUT2D eigenvalue weighted by Gasteiger charge is 2.44. The van der Waals surface area contributed by atoms with Gasteiger partial charge in [0, 0.05) is 98.3 Å². The fourth-order valence-corrected chi connectivity index (χ4v) is 36.2. The molecular weight excluding hydrogens is 1880 g/mol. The van der Waals surface area contributed by atoms with Crippen molar-refractivity contribution in [1.29, 1.82) is 0 Å². The van der Waals surface area contributed by atoms with Gasteiger partial charge in [0.2, 0.25) is 0 Å². The summed E-state index contributed by atoms with van der Waals surface area (Å²) < 4.78 is 4.36. The van der Waals surface area contributed by atoms with Crippen molar-refractivity contribution in [2.24, 2.45) is 0 Å². The summed E-state index contributed by atoms with van der Waals surface area (Å²) in [5, 5.41) is 0. The lowest BCUT2D eigenvalue weighted by molar-refractivity contribution is 0.659. The number of benzene rings is 16. The molecule has 6 aliphatic carbocycles. The van der Waals surface area contributed by atoms with E-state index in [0.29, 0.717) is 0 Å². The van der Waals surface area contributed by atoms with Gasteiger partial charge in [-0.3, -0.25) is 0 Å². The van der Waals surface area contributed by atoms with Crippen LogP contribution in [-0.4, -0.2) is 24.2 Å². The van der Waals surface area contributed by atoms with E-state index in [1.165, 1.54) is 195 Å². The predicted molar refractivity (Wildman–Crippen MR) is 644 cm³/mol. The topological polar surface area (TPSA) is 9.72 Å². The molecule has 3 nitrogen and oxygen atoms in total. The first-order chi connectivity index (χ1) is 70.6. The lowest BCUT2D eigenvalue weighted by Crippen LogP contribution is -2.37. The van der Waals surface area contributed by atoms with Crippen molar-refractivity contribution < 1.29 is 0 Å². The van der Waals surface area contributed by atoms with Gasteiger partial charge in [-0.15, -0.1) is 34.0 Å². The fourth-order valence-electron chi connectivity index (χ4n) is 25.3. The minimum atomic E-state index is -2.20. The van der Waals surface area contributed by atoms with Crippen LogP contribution in [0.25, 0.3) is 116 Å². The smallest absolute Gasteiger partial charge is 0.117 e. The average molecular weight is 2000 g/mol. The summed E-state index contributed by atoms with van der Waals surface area (Å²) in [7, 11) is -6.60. The molecule has 0 atom stereocenters. The summed E-state index contributed by atoms with van der Waals surface area (Å²) in [4.78, 5) is 11.3. The molecule has 0 saturated heterocycles. The second kappa shape index (κ2) is 34.5. The van der Waals surface area contributed by atoms with Crippen LogP contribution in [0.15, 0.2) is 399 Å². The van der Waals surface area contributed by atoms with Gasteiger partial charge in [-0.1, -0.05) is 394 Å². The molecule has 3 heterocycles. The maximum Gasteiger partial charge on any atom is 0.117 e. The van der Waals surface area contributed by atoms with E-state index in [1.54, 1.807) is 0 Å². The van der Waals surface area contributed by atoms with Crippen LogP contribution in [-0.2, 0) is 32.5 Å². The van der Waals surface area contributed by atoms with E-state index in [1.807, 2.05) is 34.0 Å². The number of nitrogens with zero attached hydrogens (tertiary/aromatic N) is 3. The van der Waals surface area contributed by atoms with E-state index in [2.05, 4.69) is 555 Å². The molecule has 0 bridgehead atoms. The maximum atomic E-state index is 2.58. The molecule has 16 aromatic carbocycles. The van der Waals surface area contributed by atoms with Crippen LogP contribution >= 0.6 is 34.0 Å². The zero-order chi connectivity index (χ0) is 101. The van der Waals surface area contributed by atoms with E-state index < -0.39 is 24.2 Å². The Labute approximate surface area is 884 Å². The molecule has 0 amide bonds. The molecule has 0 fully saturated rings. The van der Waals surface area contributed by atoms with Gasteiger partial charge in [-0.25, -0.2) is 0 Å². The molecule has 0 aliphatic heterocycles. The molecule has 0 unspecified atom stereocenters. The Balaban J connectivity index is 0.521. The monoisotopic (exact) mass is 2000 g/mol. The molecule has 9 heteroatoms. The molecular formula is C138H123N3S3Si3. The minimum Gasteiger partial charge on any atom is -0.310 e. The van der Waals surface area contributed by atoms with Gasteiger partial charge < -0.3 is 14.7 Å². The molecule has 147 heavy (non-hydrogen) atoms. The third-order valence-electron chi connectivity index (χ3n) is 34.0. The molecule has 0 saturated carbocycles. The van der Waals surface area contributed by atoms with E-state index in [9.17, 15) is 0 Å². The van der Waals surface area contributed by atoms with Gasteiger partial charge in [-0.05, 0) is 326 Å². The van der Waals surface area contributed by atoms with Gasteiger partial charge in [-0.2, -0.15) is 0 Å². The Kier molecular flexibility index (Phi) is 22.0.